The first-order valence-electron chi connectivity index (χ1n) is 8.60. The standard InChI is InChI=1S/C16H29N5/c1-3-17-12-13-6-10-21(11-7-13)15-18-14(19-20-15)16(2)8-4-5-9-16/h13,17H,3-12H2,1-2H3,(H,18,19,20). The van der Waals surface area contributed by atoms with Gasteiger partial charge in [-0.25, -0.2) is 0 Å². The Labute approximate surface area is 127 Å². The third-order valence-corrected chi connectivity index (χ3v) is 5.33. The Morgan fingerprint density at radius 1 is 1.29 bits per heavy atom. The molecule has 0 aromatic carbocycles. The largest absolute Gasteiger partial charge is 0.340 e. The van der Waals surface area contributed by atoms with Crippen molar-refractivity contribution in [3.63, 3.8) is 0 Å². The highest BCUT2D eigenvalue weighted by atomic mass is 15.4. The van der Waals surface area contributed by atoms with E-state index in [9.17, 15) is 0 Å². The number of piperidine rings is 1. The Hall–Kier alpha value is -1.10. The van der Waals surface area contributed by atoms with E-state index < -0.39 is 0 Å². The third-order valence-electron chi connectivity index (χ3n) is 5.33. The molecule has 0 unspecified atom stereocenters. The summed E-state index contributed by atoms with van der Waals surface area (Å²) in [6, 6.07) is 0. The van der Waals surface area contributed by atoms with Gasteiger partial charge in [-0.05, 0) is 44.7 Å². The monoisotopic (exact) mass is 291 g/mol. The summed E-state index contributed by atoms with van der Waals surface area (Å²) in [6.07, 6.45) is 7.62. The average molecular weight is 291 g/mol. The van der Waals surface area contributed by atoms with Crippen molar-refractivity contribution in [2.45, 2.75) is 57.8 Å². The molecule has 0 radical (unpaired) electrons. The molecule has 1 aliphatic carbocycles. The molecule has 1 saturated heterocycles. The average Bonchev–Trinajstić information content (AvgIpc) is 3.15. The number of hydrogen-bond acceptors (Lipinski definition) is 4. The second kappa shape index (κ2) is 6.34. The van der Waals surface area contributed by atoms with Crippen LogP contribution < -0.4 is 10.2 Å². The van der Waals surface area contributed by atoms with Crippen LogP contribution in [-0.4, -0.2) is 41.4 Å². The molecule has 118 valence electrons. The van der Waals surface area contributed by atoms with E-state index in [1.54, 1.807) is 0 Å². The van der Waals surface area contributed by atoms with Crippen molar-refractivity contribution in [3.05, 3.63) is 5.82 Å². The second-order valence-corrected chi connectivity index (χ2v) is 6.99. The van der Waals surface area contributed by atoms with Crippen molar-refractivity contribution in [1.29, 1.82) is 0 Å². The molecule has 3 rings (SSSR count). The van der Waals surface area contributed by atoms with Crippen LogP contribution in [0.25, 0.3) is 0 Å². The molecule has 1 aliphatic heterocycles. The molecule has 1 aromatic rings. The zero-order valence-corrected chi connectivity index (χ0v) is 13.5. The predicted octanol–water partition coefficient (Wildman–Crippen LogP) is 2.46. The van der Waals surface area contributed by atoms with Crippen molar-refractivity contribution in [2.24, 2.45) is 5.92 Å². The van der Waals surface area contributed by atoms with Gasteiger partial charge in [0.1, 0.15) is 5.82 Å². The summed E-state index contributed by atoms with van der Waals surface area (Å²) in [5, 5.41) is 11.2. The van der Waals surface area contributed by atoms with Gasteiger partial charge in [-0.15, -0.1) is 5.10 Å². The molecule has 5 nitrogen and oxygen atoms in total. The Bertz CT molecular complexity index is 441. The number of anilines is 1. The molecule has 0 bridgehead atoms. The predicted molar refractivity (Wildman–Crippen MR) is 85.7 cm³/mol. The minimum Gasteiger partial charge on any atom is -0.340 e. The van der Waals surface area contributed by atoms with Crippen LogP contribution in [0.2, 0.25) is 0 Å². The molecule has 21 heavy (non-hydrogen) atoms. The third kappa shape index (κ3) is 3.23. The Balaban J connectivity index is 1.57. The summed E-state index contributed by atoms with van der Waals surface area (Å²) in [4.78, 5) is 7.17. The summed E-state index contributed by atoms with van der Waals surface area (Å²) in [5.41, 5.74) is 0.231. The van der Waals surface area contributed by atoms with Crippen LogP contribution in [0.5, 0.6) is 0 Å². The molecule has 0 spiro atoms. The molecule has 2 fully saturated rings. The van der Waals surface area contributed by atoms with E-state index in [4.69, 9.17) is 4.98 Å². The van der Waals surface area contributed by atoms with Gasteiger partial charge in [-0.3, -0.25) is 5.10 Å². The highest BCUT2D eigenvalue weighted by molar-refractivity contribution is 5.31. The summed E-state index contributed by atoms with van der Waals surface area (Å²) in [5.74, 6) is 2.83. The highest BCUT2D eigenvalue weighted by Gasteiger charge is 2.34. The van der Waals surface area contributed by atoms with Gasteiger partial charge in [0.05, 0.1) is 0 Å². The zero-order valence-electron chi connectivity index (χ0n) is 13.5. The first kappa shape index (κ1) is 14.8. The van der Waals surface area contributed by atoms with Crippen LogP contribution in [0.3, 0.4) is 0 Å². The summed E-state index contributed by atoms with van der Waals surface area (Å²) in [7, 11) is 0. The molecule has 0 atom stereocenters. The van der Waals surface area contributed by atoms with Crippen molar-refractivity contribution in [3.8, 4) is 0 Å². The van der Waals surface area contributed by atoms with Gasteiger partial charge in [0, 0.05) is 18.5 Å². The number of nitrogens with zero attached hydrogens (tertiary/aromatic N) is 3. The molecule has 0 amide bonds. The van der Waals surface area contributed by atoms with Crippen molar-refractivity contribution < 1.29 is 0 Å². The number of rotatable bonds is 5. The van der Waals surface area contributed by atoms with E-state index in [1.165, 1.54) is 38.5 Å². The first-order valence-corrected chi connectivity index (χ1v) is 8.60. The molecule has 2 N–H and O–H groups in total. The fourth-order valence-corrected chi connectivity index (χ4v) is 3.74. The van der Waals surface area contributed by atoms with Crippen LogP contribution >= 0.6 is 0 Å². The summed E-state index contributed by atoms with van der Waals surface area (Å²) < 4.78 is 0. The summed E-state index contributed by atoms with van der Waals surface area (Å²) >= 11 is 0. The number of H-pyrrole nitrogens is 1. The Morgan fingerprint density at radius 3 is 2.67 bits per heavy atom. The van der Waals surface area contributed by atoms with Gasteiger partial charge in [0.25, 0.3) is 0 Å². The fraction of sp³-hybridized carbons (Fsp3) is 0.875. The molecule has 1 aromatic heterocycles. The van der Waals surface area contributed by atoms with E-state index in [2.05, 4.69) is 34.3 Å². The molecular formula is C16H29N5. The Morgan fingerprint density at radius 2 is 2.00 bits per heavy atom. The van der Waals surface area contributed by atoms with E-state index in [-0.39, 0.29) is 5.41 Å². The van der Waals surface area contributed by atoms with Gasteiger partial charge >= 0.3 is 0 Å². The SMILES string of the molecule is CCNCC1CCN(c2n[nH]c(C3(C)CCCC3)n2)CC1. The lowest BCUT2D eigenvalue weighted by atomic mass is 9.88. The lowest BCUT2D eigenvalue weighted by Crippen LogP contribution is -2.37. The van der Waals surface area contributed by atoms with E-state index in [0.29, 0.717) is 0 Å². The molecular weight excluding hydrogens is 262 g/mol. The zero-order chi connectivity index (χ0) is 14.7. The van der Waals surface area contributed by atoms with Gasteiger partial charge < -0.3 is 10.2 Å². The lowest BCUT2D eigenvalue weighted by Gasteiger charge is -2.31. The van der Waals surface area contributed by atoms with Gasteiger partial charge in [0.2, 0.25) is 5.95 Å². The van der Waals surface area contributed by atoms with Crippen molar-refractivity contribution >= 4 is 5.95 Å². The quantitative estimate of drug-likeness (QED) is 0.875. The van der Waals surface area contributed by atoms with E-state index >= 15 is 0 Å². The topological polar surface area (TPSA) is 56.8 Å². The Kier molecular flexibility index (Phi) is 4.48. The fourth-order valence-electron chi connectivity index (χ4n) is 3.74. The van der Waals surface area contributed by atoms with Crippen LogP contribution in [0.4, 0.5) is 5.95 Å². The van der Waals surface area contributed by atoms with Crippen molar-refractivity contribution in [2.75, 3.05) is 31.1 Å². The number of nitrogens with one attached hydrogen (secondary N) is 2. The van der Waals surface area contributed by atoms with Crippen molar-refractivity contribution in [1.82, 2.24) is 20.5 Å². The summed E-state index contributed by atoms with van der Waals surface area (Å²) in [6.45, 7) is 8.90. The maximum absolute atomic E-state index is 4.82. The highest BCUT2D eigenvalue weighted by Crippen LogP contribution is 2.39. The second-order valence-electron chi connectivity index (χ2n) is 6.99. The van der Waals surface area contributed by atoms with Gasteiger partial charge in [0.15, 0.2) is 0 Å². The minimum absolute atomic E-state index is 0.231. The van der Waals surface area contributed by atoms with Gasteiger partial charge in [-0.2, -0.15) is 4.98 Å². The smallest absolute Gasteiger partial charge is 0.244 e. The minimum atomic E-state index is 0.231. The first-order chi connectivity index (χ1) is 10.2. The molecule has 5 heteroatoms. The normalized spacial score (nSPS) is 22.9. The molecule has 2 heterocycles. The number of aromatic amines is 1. The molecule has 2 aliphatic rings. The molecule has 1 saturated carbocycles. The maximum atomic E-state index is 4.82. The lowest BCUT2D eigenvalue weighted by molar-refractivity contribution is 0.384. The van der Waals surface area contributed by atoms with Crippen LogP contribution in [0.15, 0.2) is 0 Å². The van der Waals surface area contributed by atoms with Crippen LogP contribution in [0, 0.1) is 5.92 Å². The van der Waals surface area contributed by atoms with Gasteiger partial charge in [-0.1, -0.05) is 26.7 Å². The van der Waals surface area contributed by atoms with Crippen LogP contribution in [0.1, 0.15) is 58.2 Å². The number of hydrogen-bond donors (Lipinski definition) is 2. The number of aromatic nitrogens is 3. The maximum Gasteiger partial charge on any atom is 0.244 e. The van der Waals surface area contributed by atoms with Crippen LogP contribution in [-0.2, 0) is 5.41 Å². The van der Waals surface area contributed by atoms with E-state index in [1.807, 2.05) is 0 Å². The van der Waals surface area contributed by atoms with E-state index in [0.717, 1.165) is 43.9 Å².